The van der Waals surface area contributed by atoms with Crippen LogP contribution < -0.4 is 35.2 Å². The quantitative estimate of drug-likeness (QED) is 0.171. The van der Waals surface area contributed by atoms with Gasteiger partial charge in [-0.15, -0.1) is 0 Å². The SMILES string of the molecule is COC(=O)CNC(=O)[C@@H](C)NC(=O)CNC(=O)CN(C(C)=O)c1c(OC)ccc2c1Sc1c(ccc(OC)c1CN1C(=O)c3ccccc3C1=O)N2C. The number of imide groups is 1. The Hall–Kier alpha value is -6.10. The standard InChI is InChI=1S/C36H38N6O10S/c1-19(34(47)38-16-30(46)52-6)39-28(44)15-37-29(45)18-41(20(2)43)31-27(51-5)14-12-25-33(31)53-32-23(26(50-4)13-11-24(32)40(25)3)17-42-35(48)21-9-7-8-10-22(21)36(42)49/h7-14,19H,15-18H2,1-6H3,(H,37,45)(H,38,47)(H,39,44)/t19-/m1/s1. The molecule has 53 heavy (non-hydrogen) atoms. The molecule has 0 fully saturated rings. The van der Waals surface area contributed by atoms with Crippen LogP contribution in [-0.2, 0) is 35.3 Å². The Morgan fingerprint density at radius 3 is 2.00 bits per heavy atom. The first kappa shape index (κ1) is 38.1. The van der Waals surface area contributed by atoms with Crippen LogP contribution in [0.25, 0.3) is 0 Å². The molecule has 6 amide bonds. The van der Waals surface area contributed by atoms with E-state index < -0.39 is 60.5 Å². The number of methoxy groups -OCH3 is 3. The second kappa shape index (κ2) is 16.1. The minimum Gasteiger partial charge on any atom is -0.496 e. The number of benzene rings is 3. The highest BCUT2D eigenvalue weighted by Gasteiger charge is 2.38. The number of fused-ring (bicyclic) bond motifs is 3. The maximum absolute atomic E-state index is 13.4. The van der Waals surface area contributed by atoms with E-state index in [2.05, 4.69) is 20.7 Å². The molecule has 2 heterocycles. The number of esters is 1. The Labute approximate surface area is 309 Å². The number of amides is 6. The van der Waals surface area contributed by atoms with Crippen LogP contribution in [0.1, 0.15) is 40.1 Å². The summed E-state index contributed by atoms with van der Waals surface area (Å²) in [4.78, 5) is 94.7. The Morgan fingerprint density at radius 2 is 1.42 bits per heavy atom. The van der Waals surface area contributed by atoms with E-state index in [1.807, 2.05) is 24.1 Å². The molecule has 0 spiro atoms. The van der Waals surface area contributed by atoms with Crippen molar-refractivity contribution in [2.75, 3.05) is 57.8 Å². The lowest BCUT2D eigenvalue weighted by molar-refractivity contribution is -0.141. The summed E-state index contributed by atoms with van der Waals surface area (Å²) in [6.45, 7) is 1.22. The molecule has 0 unspecified atom stereocenters. The van der Waals surface area contributed by atoms with Crippen molar-refractivity contribution in [3.8, 4) is 11.5 Å². The molecule has 5 rings (SSSR count). The highest BCUT2D eigenvalue weighted by Crippen LogP contribution is 2.56. The summed E-state index contributed by atoms with van der Waals surface area (Å²) in [5, 5.41) is 7.22. The Kier molecular flexibility index (Phi) is 11.6. The average molecular weight is 747 g/mol. The highest BCUT2D eigenvalue weighted by molar-refractivity contribution is 8.00. The van der Waals surface area contributed by atoms with Gasteiger partial charge in [-0.2, -0.15) is 0 Å². The highest BCUT2D eigenvalue weighted by atomic mass is 32.2. The van der Waals surface area contributed by atoms with E-state index in [1.54, 1.807) is 36.4 Å². The lowest BCUT2D eigenvalue weighted by atomic mass is 10.1. The number of rotatable bonds is 13. The molecule has 3 aromatic rings. The molecule has 0 aromatic heterocycles. The molecular formula is C36H38N6O10S. The second-order valence-electron chi connectivity index (χ2n) is 11.9. The molecule has 2 aliphatic rings. The molecule has 3 N–H and O–H groups in total. The number of ether oxygens (including phenoxy) is 3. The van der Waals surface area contributed by atoms with Crippen LogP contribution in [0.3, 0.4) is 0 Å². The minimum absolute atomic E-state index is 0.0966. The molecule has 2 aliphatic heterocycles. The number of anilines is 3. The Morgan fingerprint density at radius 1 is 0.811 bits per heavy atom. The van der Waals surface area contributed by atoms with Gasteiger partial charge in [-0.25, -0.2) is 0 Å². The molecule has 16 nitrogen and oxygen atoms in total. The zero-order valence-corrected chi connectivity index (χ0v) is 30.7. The number of nitrogens with one attached hydrogen (secondary N) is 3. The van der Waals surface area contributed by atoms with Gasteiger partial charge in [0.15, 0.2) is 0 Å². The van der Waals surface area contributed by atoms with Gasteiger partial charge in [-0.05, 0) is 43.3 Å². The number of carbonyl (C=O) groups is 7. The van der Waals surface area contributed by atoms with Gasteiger partial charge in [0.2, 0.25) is 23.6 Å². The van der Waals surface area contributed by atoms with E-state index in [0.29, 0.717) is 37.9 Å². The van der Waals surface area contributed by atoms with Gasteiger partial charge in [0.25, 0.3) is 11.8 Å². The maximum Gasteiger partial charge on any atom is 0.325 e. The van der Waals surface area contributed by atoms with Crippen LogP contribution in [-0.4, -0.2) is 100 Å². The third-order valence-electron chi connectivity index (χ3n) is 8.63. The van der Waals surface area contributed by atoms with Gasteiger partial charge in [0.05, 0.1) is 61.8 Å². The number of hydrogen-bond acceptors (Lipinski definition) is 12. The van der Waals surface area contributed by atoms with Crippen LogP contribution in [0, 0.1) is 0 Å². The molecule has 278 valence electrons. The normalized spacial score (nSPS) is 13.2. The summed E-state index contributed by atoms with van der Waals surface area (Å²) in [5.74, 6) is -3.30. The predicted molar refractivity (Wildman–Crippen MR) is 192 cm³/mol. The summed E-state index contributed by atoms with van der Waals surface area (Å²) < 4.78 is 15.9. The van der Waals surface area contributed by atoms with Crippen molar-refractivity contribution in [2.24, 2.45) is 0 Å². The molecule has 0 saturated heterocycles. The Bertz CT molecular complexity index is 1990. The first-order valence-corrected chi connectivity index (χ1v) is 17.1. The summed E-state index contributed by atoms with van der Waals surface area (Å²) in [6, 6.07) is 12.7. The molecule has 0 aliphatic carbocycles. The van der Waals surface area contributed by atoms with E-state index in [0.717, 1.165) is 5.69 Å². The second-order valence-corrected chi connectivity index (χ2v) is 12.9. The largest absolute Gasteiger partial charge is 0.496 e. The van der Waals surface area contributed by atoms with Crippen LogP contribution in [0.15, 0.2) is 58.3 Å². The van der Waals surface area contributed by atoms with E-state index in [-0.39, 0.29) is 24.5 Å². The van der Waals surface area contributed by atoms with Crippen molar-refractivity contribution >= 4 is 70.2 Å². The van der Waals surface area contributed by atoms with E-state index >= 15 is 0 Å². The summed E-state index contributed by atoms with van der Waals surface area (Å²) >= 11 is 1.27. The van der Waals surface area contributed by atoms with Crippen LogP contribution >= 0.6 is 11.8 Å². The smallest absolute Gasteiger partial charge is 0.325 e. The van der Waals surface area contributed by atoms with Gasteiger partial charge < -0.3 is 35.1 Å². The van der Waals surface area contributed by atoms with Crippen molar-refractivity contribution in [1.29, 1.82) is 0 Å². The molecule has 0 radical (unpaired) electrons. The lowest BCUT2D eigenvalue weighted by Crippen LogP contribution is -2.49. The number of nitrogens with zero attached hydrogens (tertiary/aromatic N) is 3. The van der Waals surface area contributed by atoms with Crippen molar-refractivity contribution in [3.63, 3.8) is 0 Å². The number of hydrogen-bond donors (Lipinski definition) is 3. The fourth-order valence-electron chi connectivity index (χ4n) is 5.89. The van der Waals surface area contributed by atoms with Crippen LogP contribution in [0.4, 0.5) is 17.1 Å². The van der Waals surface area contributed by atoms with E-state index in [1.165, 1.54) is 56.7 Å². The summed E-state index contributed by atoms with van der Waals surface area (Å²) in [6.07, 6.45) is 0. The summed E-state index contributed by atoms with van der Waals surface area (Å²) in [5.41, 5.74) is 2.89. The van der Waals surface area contributed by atoms with Gasteiger partial charge in [-0.3, -0.25) is 43.4 Å². The van der Waals surface area contributed by atoms with Crippen molar-refractivity contribution in [2.45, 2.75) is 36.2 Å². The summed E-state index contributed by atoms with van der Waals surface area (Å²) in [7, 11) is 5.92. The van der Waals surface area contributed by atoms with Crippen molar-refractivity contribution in [1.82, 2.24) is 20.9 Å². The molecule has 1 atom stereocenters. The molecule has 17 heteroatoms. The first-order chi connectivity index (χ1) is 25.3. The van der Waals surface area contributed by atoms with Crippen LogP contribution in [0.2, 0.25) is 0 Å². The fraction of sp³-hybridized carbons (Fsp3) is 0.306. The van der Waals surface area contributed by atoms with Crippen molar-refractivity contribution in [3.05, 3.63) is 65.2 Å². The topological polar surface area (TPSA) is 193 Å². The monoisotopic (exact) mass is 746 g/mol. The van der Waals surface area contributed by atoms with E-state index in [9.17, 15) is 33.6 Å². The first-order valence-electron chi connectivity index (χ1n) is 16.3. The van der Waals surface area contributed by atoms with Crippen LogP contribution in [0.5, 0.6) is 11.5 Å². The van der Waals surface area contributed by atoms with Gasteiger partial charge in [0.1, 0.15) is 36.3 Å². The lowest BCUT2D eigenvalue weighted by Gasteiger charge is -2.35. The molecule has 3 aromatic carbocycles. The minimum atomic E-state index is -1.02. The molecule has 0 saturated carbocycles. The van der Waals surface area contributed by atoms with Gasteiger partial charge >= 0.3 is 5.97 Å². The zero-order chi connectivity index (χ0) is 38.6. The molecular weight excluding hydrogens is 708 g/mol. The molecule has 0 bridgehead atoms. The average Bonchev–Trinajstić information content (AvgIpc) is 3.39. The third kappa shape index (κ3) is 7.74. The third-order valence-corrected chi connectivity index (χ3v) is 9.90. The van der Waals surface area contributed by atoms with Gasteiger partial charge in [-0.1, -0.05) is 23.9 Å². The fourth-order valence-corrected chi connectivity index (χ4v) is 7.30. The van der Waals surface area contributed by atoms with Crippen molar-refractivity contribution < 1.29 is 47.8 Å². The zero-order valence-electron chi connectivity index (χ0n) is 29.9. The maximum atomic E-state index is 13.4. The van der Waals surface area contributed by atoms with E-state index in [4.69, 9.17) is 9.47 Å². The number of carbonyl (C=O) groups excluding carboxylic acids is 7. The predicted octanol–water partition coefficient (Wildman–Crippen LogP) is 2.00. The van der Waals surface area contributed by atoms with Gasteiger partial charge in [0, 0.05) is 24.4 Å². The Balaban J connectivity index is 1.40.